The summed E-state index contributed by atoms with van der Waals surface area (Å²) in [4.78, 5) is 10.1. The standard InChI is InChI=1S/C16H15N3O4/c20-14(10-18-9-13(8-17-18)19(21)22)11-23-16-7-3-5-12-4-1-2-6-15(12)16/h1-9,14,20H,10-11H2. The summed E-state index contributed by atoms with van der Waals surface area (Å²) in [6, 6.07) is 13.5. The molecule has 0 aliphatic heterocycles. The second-order valence-corrected chi connectivity index (χ2v) is 5.12. The maximum Gasteiger partial charge on any atom is 0.306 e. The Kier molecular flexibility index (Phi) is 4.20. The number of rotatable bonds is 6. The third-order valence-electron chi connectivity index (χ3n) is 3.41. The van der Waals surface area contributed by atoms with Crippen LogP contribution >= 0.6 is 0 Å². The smallest absolute Gasteiger partial charge is 0.306 e. The van der Waals surface area contributed by atoms with Gasteiger partial charge in [-0.1, -0.05) is 36.4 Å². The quantitative estimate of drug-likeness (QED) is 0.557. The van der Waals surface area contributed by atoms with E-state index in [2.05, 4.69) is 5.10 Å². The SMILES string of the molecule is O=[N+]([O-])c1cnn(CC(O)COc2cccc3ccccc23)c1. The average molecular weight is 313 g/mol. The molecule has 23 heavy (non-hydrogen) atoms. The van der Waals surface area contributed by atoms with Crippen molar-refractivity contribution in [1.29, 1.82) is 0 Å². The summed E-state index contributed by atoms with van der Waals surface area (Å²) < 4.78 is 7.01. The van der Waals surface area contributed by atoms with Crippen molar-refractivity contribution < 1.29 is 14.8 Å². The number of hydrogen-bond acceptors (Lipinski definition) is 5. The number of aliphatic hydroxyl groups excluding tert-OH is 1. The Labute approximate surface area is 131 Å². The van der Waals surface area contributed by atoms with Crippen LogP contribution in [0.15, 0.2) is 54.9 Å². The molecule has 3 aromatic rings. The van der Waals surface area contributed by atoms with Gasteiger partial charge in [-0.2, -0.15) is 5.10 Å². The molecule has 0 saturated heterocycles. The Morgan fingerprint density at radius 2 is 2.04 bits per heavy atom. The molecule has 0 aliphatic rings. The summed E-state index contributed by atoms with van der Waals surface area (Å²) in [5.41, 5.74) is -0.104. The van der Waals surface area contributed by atoms with E-state index < -0.39 is 11.0 Å². The van der Waals surface area contributed by atoms with Crippen molar-refractivity contribution in [3.8, 4) is 5.75 Å². The minimum absolute atomic E-state index is 0.0711. The van der Waals surface area contributed by atoms with Gasteiger partial charge >= 0.3 is 5.69 Å². The molecule has 0 aliphatic carbocycles. The lowest BCUT2D eigenvalue weighted by Gasteiger charge is -2.13. The number of fused-ring (bicyclic) bond motifs is 1. The highest BCUT2D eigenvalue weighted by Gasteiger charge is 2.13. The van der Waals surface area contributed by atoms with E-state index in [4.69, 9.17) is 4.74 Å². The molecule has 1 aromatic heterocycles. The predicted molar refractivity (Wildman–Crippen MR) is 84.3 cm³/mol. The largest absolute Gasteiger partial charge is 0.490 e. The second kappa shape index (κ2) is 6.45. The molecule has 0 saturated carbocycles. The van der Waals surface area contributed by atoms with Gasteiger partial charge in [0, 0.05) is 5.39 Å². The summed E-state index contributed by atoms with van der Waals surface area (Å²) >= 11 is 0. The maximum absolute atomic E-state index is 10.6. The van der Waals surface area contributed by atoms with Gasteiger partial charge in [-0.3, -0.25) is 14.8 Å². The molecule has 3 rings (SSSR count). The van der Waals surface area contributed by atoms with Crippen LogP contribution in [0, 0.1) is 10.1 Å². The molecule has 1 unspecified atom stereocenters. The average Bonchev–Trinajstić information content (AvgIpc) is 3.01. The molecule has 7 nitrogen and oxygen atoms in total. The lowest BCUT2D eigenvalue weighted by Crippen LogP contribution is -2.23. The van der Waals surface area contributed by atoms with Gasteiger partial charge in [0.05, 0.1) is 11.5 Å². The van der Waals surface area contributed by atoms with E-state index in [9.17, 15) is 15.2 Å². The molecule has 0 bridgehead atoms. The Hall–Kier alpha value is -2.93. The topological polar surface area (TPSA) is 90.4 Å². The van der Waals surface area contributed by atoms with Crippen LogP contribution in [0.1, 0.15) is 0 Å². The van der Waals surface area contributed by atoms with E-state index >= 15 is 0 Å². The van der Waals surface area contributed by atoms with Crippen molar-refractivity contribution in [3.05, 3.63) is 65.0 Å². The third-order valence-corrected chi connectivity index (χ3v) is 3.41. The highest BCUT2D eigenvalue weighted by Crippen LogP contribution is 2.25. The fourth-order valence-corrected chi connectivity index (χ4v) is 2.32. The van der Waals surface area contributed by atoms with Crippen LogP contribution in [-0.4, -0.2) is 32.5 Å². The van der Waals surface area contributed by atoms with Gasteiger partial charge in [0.25, 0.3) is 0 Å². The van der Waals surface area contributed by atoms with Crippen LogP contribution in [0.2, 0.25) is 0 Å². The molecule has 118 valence electrons. The first-order chi connectivity index (χ1) is 11.1. The first-order valence-electron chi connectivity index (χ1n) is 7.09. The molecule has 1 N–H and O–H groups in total. The Morgan fingerprint density at radius 1 is 1.26 bits per heavy atom. The fraction of sp³-hybridized carbons (Fsp3) is 0.188. The number of nitrogens with zero attached hydrogens (tertiary/aromatic N) is 3. The summed E-state index contributed by atoms with van der Waals surface area (Å²) in [6.07, 6.45) is 1.60. The second-order valence-electron chi connectivity index (χ2n) is 5.12. The minimum atomic E-state index is -0.825. The zero-order chi connectivity index (χ0) is 16.2. The molecule has 0 radical (unpaired) electrons. The van der Waals surface area contributed by atoms with Crippen molar-refractivity contribution in [2.24, 2.45) is 0 Å². The molecule has 7 heteroatoms. The fourth-order valence-electron chi connectivity index (χ4n) is 2.32. The third kappa shape index (κ3) is 3.46. The summed E-state index contributed by atoms with van der Waals surface area (Å²) in [6.45, 7) is 0.195. The number of ether oxygens (including phenoxy) is 1. The van der Waals surface area contributed by atoms with Crippen LogP contribution in [0.5, 0.6) is 5.75 Å². The molecule has 0 fully saturated rings. The lowest BCUT2D eigenvalue weighted by molar-refractivity contribution is -0.385. The van der Waals surface area contributed by atoms with Crippen LogP contribution in [0.4, 0.5) is 5.69 Å². The van der Waals surface area contributed by atoms with Crippen LogP contribution in [0.3, 0.4) is 0 Å². The van der Waals surface area contributed by atoms with Crippen molar-refractivity contribution in [1.82, 2.24) is 9.78 Å². The van der Waals surface area contributed by atoms with E-state index in [1.807, 2.05) is 42.5 Å². The van der Waals surface area contributed by atoms with Crippen molar-refractivity contribution in [2.75, 3.05) is 6.61 Å². The minimum Gasteiger partial charge on any atom is -0.490 e. The summed E-state index contributed by atoms with van der Waals surface area (Å²) in [5.74, 6) is 0.689. The Balaban J connectivity index is 1.63. The number of aromatic nitrogens is 2. The van der Waals surface area contributed by atoms with Crippen LogP contribution in [-0.2, 0) is 6.54 Å². The van der Waals surface area contributed by atoms with Gasteiger partial charge in [-0.05, 0) is 11.5 Å². The van der Waals surface area contributed by atoms with Gasteiger partial charge in [-0.15, -0.1) is 0 Å². The molecular weight excluding hydrogens is 298 g/mol. The first-order valence-corrected chi connectivity index (χ1v) is 7.09. The number of aliphatic hydroxyl groups is 1. The first kappa shape index (κ1) is 15.0. The van der Waals surface area contributed by atoms with Gasteiger partial charge in [0.2, 0.25) is 0 Å². The highest BCUT2D eigenvalue weighted by molar-refractivity contribution is 5.88. The number of nitro groups is 1. The molecular formula is C16H15N3O4. The van der Waals surface area contributed by atoms with Gasteiger partial charge < -0.3 is 9.84 Å². The van der Waals surface area contributed by atoms with Crippen molar-refractivity contribution in [3.63, 3.8) is 0 Å². The van der Waals surface area contributed by atoms with Gasteiger partial charge in [0.15, 0.2) is 0 Å². The van der Waals surface area contributed by atoms with Crippen LogP contribution < -0.4 is 4.74 Å². The molecule has 1 heterocycles. The summed E-state index contributed by atoms with van der Waals surface area (Å²) in [7, 11) is 0. The van der Waals surface area contributed by atoms with E-state index in [1.54, 1.807) is 0 Å². The lowest BCUT2D eigenvalue weighted by atomic mass is 10.1. The Morgan fingerprint density at radius 3 is 2.83 bits per heavy atom. The normalized spacial score (nSPS) is 12.2. The van der Waals surface area contributed by atoms with E-state index in [-0.39, 0.29) is 18.8 Å². The zero-order valence-corrected chi connectivity index (χ0v) is 12.2. The monoisotopic (exact) mass is 313 g/mol. The molecule has 0 amide bonds. The van der Waals surface area contributed by atoms with Crippen LogP contribution in [0.25, 0.3) is 10.8 Å². The van der Waals surface area contributed by atoms with Crippen molar-refractivity contribution in [2.45, 2.75) is 12.6 Å². The highest BCUT2D eigenvalue weighted by atomic mass is 16.6. The van der Waals surface area contributed by atoms with Crippen molar-refractivity contribution >= 4 is 16.5 Å². The van der Waals surface area contributed by atoms with Gasteiger partial charge in [0.1, 0.15) is 30.9 Å². The molecule has 1 atom stereocenters. The number of hydrogen-bond donors (Lipinski definition) is 1. The van der Waals surface area contributed by atoms with E-state index in [0.29, 0.717) is 5.75 Å². The Bertz CT molecular complexity index is 826. The molecule has 0 spiro atoms. The predicted octanol–water partition coefficient (Wildman–Crippen LogP) is 2.38. The number of benzene rings is 2. The van der Waals surface area contributed by atoms with E-state index in [0.717, 1.165) is 17.0 Å². The zero-order valence-electron chi connectivity index (χ0n) is 12.2. The summed E-state index contributed by atoms with van der Waals surface area (Å²) in [5, 5.41) is 26.5. The maximum atomic E-state index is 10.6. The van der Waals surface area contributed by atoms with E-state index in [1.165, 1.54) is 10.9 Å². The molecule has 2 aromatic carbocycles. The van der Waals surface area contributed by atoms with Gasteiger partial charge in [-0.25, -0.2) is 0 Å².